The zero-order valence-electron chi connectivity index (χ0n) is 14.4. The summed E-state index contributed by atoms with van der Waals surface area (Å²) in [6, 6.07) is 5.16. The number of hydrogen-bond donors (Lipinski definition) is 0. The standard InChI is InChI=1S/C19H26N4O/c1-15-19-21-12-18(14-24-13-16-5-4-8-20-11-16)23(19)10-9-22(15)17-6-2-3-7-17/h4-5,8,11-12,15,17H,2-3,6-7,9-10,13-14H2,1H3/t15-/m1/s1. The molecule has 0 amide bonds. The Morgan fingerprint density at radius 1 is 1.17 bits per heavy atom. The molecular formula is C19H26N4O. The number of imidazole rings is 1. The van der Waals surface area contributed by atoms with Gasteiger partial charge >= 0.3 is 0 Å². The lowest BCUT2D eigenvalue weighted by Gasteiger charge is -2.38. The minimum atomic E-state index is 0.411. The number of pyridine rings is 1. The van der Waals surface area contributed by atoms with Gasteiger partial charge in [0.05, 0.1) is 31.1 Å². The normalized spacial score (nSPS) is 22.0. The fourth-order valence-corrected chi connectivity index (χ4v) is 4.18. The molecule has 1 aliphatic heterocycles. The molecule has 4 rings (SSSR count). The highest BCUT2D eigenvalue weighted by molar-refractivity contribution is 5.12. The van der Waals surface area contributed by atoms with Crippen LogP contribution in [0.2, 0.25) is 0 Å². The van der Waals surface area contributed by atoms with E-state index < -0.39 is 0 Å². The molecule has 1 fully saturated rings. The summed E-state index contributed by atoms with van der Waals surface area (Å²) >= 11 is 0. The van der Waals surface area contributed by atoms with Crippen LogP contribution in [0.15, 0.2) is 30.7 Å². The van der Waals surface area contributed by atoms with Gasteiger partial charge in [0.1, 0.15) is 5.82 Å². The summed E-state index contributed by atoms with van der Waals surface area (Å²) < 4.78 is 8.24. The van der Waals surface area contributed by atoms with E-state index >= 15 is 0 Å². The highest BCUT2D eigenvalue weighted by atomic mass is 16.5. The second kappa shape index (κ2) is 7.03. The van der Waals surface area contributed by atoms with E-state index in [0.29, 0.717) is 19.3 Å². The molecule has 0 bridgehead atoms. The van der Waals surface area contributed by atoms with E-state index in [4.69, 9.17) is 9.72 Å². The molecule has 1 saturated carbocycles. The number of ether oxygens (including phenoxy) is 1. The summed E-state index contributed by atoms with van der Waals surface area (Å²) in [6.07, 6.45) is 11.1. The Morgan fingerprint density at radius 3 is 2.83 bits per heavy atom. The molecule has 0 saturated heterocycles. The maximum absolute atomic E-state index is 5.88. The SMILES string of the molecule is C[C@@H]1c2ncc(COCc3cccnc3)n2CCN1C1CCCC1. The Balaban J connectivity index is 1.40. The predicted octanol–water partition coefficient (Wildman–Crippen LogP) is 3.31. The number of rotatable bonds is 5. The molecule has 2 aromatic rings. The topological polar surface area (TPSA) is 43.2 Å². The van der Waals surface area contributed by atoms with Crippen molar-refractivity contribution >= 4 is 0 Å². The summed E-state index contributed by atoms with van der Waals surface area (Å²) in [5.41, 5.74) is 2.29. The van der Waals surface area contributed by atoms with Gasteiger partial charge in [0, 0.05) is 31.5 Å². The number of hydrogen-bond acceptors (Lipinski definition) is 4. The van der Waals surface area contributed by atoms with Crippen LogP contribution in [0.5, 0.6) is 0 Å². The Hall–Kier alpha value is -1.72. The van der Waals surface area contributed by atoms with Gasteiger partial charge in [-0.2, -0.15) is 0 Å². The molecule has 0 N–H and O–H groups in total. The van der Waals surface area contributed by atoms with Crippen molar-refractivity contribution in [3.05, 3.63) is 47.8 Å². The van der Waals surface area contributed by atoms with Gasteiger partial charge in [0.2, 0.25) is 0 Å². The third kappa shape index (κ3) is 3.10. The molecule has 1 atom stereocenters. The lowest BCUT2D eigenvalue weighted by Crippen LogP contribution is -2.43. The number of fused-ring (bicyclic) bond motifs is 1. The average Bonchev–Trinajstić information content (AvgIpc) is 3.27. The zero-order chi connectivity index (χ0) is 16.4. The first-order valence-electron chi connectivity index (χ1n) is 9.09. The first-order chi connectivity index (χ1) is 11.8. The predicted molar refractivity (Wildman–Crippen MR) is 92.3 cm³/mol. The van der Waals surface area contributed by atoms with Crippen molar-refractivity contribution in [1.82, 2.24) is 19.4 Å². The zero-order valence-corrected chi connectivity index (χ0v) is 14.4. The van der Waals surface area contributed by atoms with Crippen LogP contribution < -0.4 is 0 Å². The minimum absolute atomic E-state index is 0.411. The van der Waals surface area contributed by atoms with Gasteiger partial charge in [-0.15, -0.1) is 0 Å². The van der Waals surface area contributed by atoms with Crippen LogP contribution in [-0.2, 0) is 24.5 Å². The van der Waals surface area contributed by atoms with Crippen molar-refractivity contribution in [2.75, 3.05) is 6.54 Å². The van der Waals surface area contributed by atoms with Gasteiger partial charge < -0.3 is 9.30 Å². The monoisotopic (exact) mass is 326 g/mol. The lowest BCUT2D eigenvalue weighted by atomic mass is 10.1. The van der Waals surface area contributed by atoms with Crippen LogP contribution in [0.1, 0.15) is 55.7 Å². The maximum atomic E-state index is 5.88. The molecule has 0 spiro atoms. The highest BCUT2D eigenvalue weighted by Crippen LogP contribution is 2.33. The van der Waals surface area contributed by atoms with Crippen molar-refractivity contribution in [3.8, 4) is 0 Å². The van der Waals surface area contributed by atoms with Gasteiger partial charge in [-0.1, -0.05) is 18.9 Å². The van der Waals surface area contributed by atoms with E-state index in [0.717, 1.165) is 24.7 Å². The average molecular weight is 326 g/mol. The first kappa shape index (κ1) is 15.8. The molecule has 1 aliphatic carbocycles. The summed E-state index contributed by atoms with van der Waals surface area (Å²) in [5, 5.41) is 0. The summed E-state index contributed by atoms with van der Waals surface area (Å²) in [7, 11) is 0. The van der Waals surface area contributed by atoms with Gasteiger partial charge in [0.25, 0.3) is 0 Å². The van der Waals surface area contributed by atoms with Crippen molar-refractivity contribution in [1.29, 1.82) is 0 Å². The Kier molecular flexibility index (Phi) is 4.63. The van der Waals surface area contributed by atoms with Crippen LogP contribution in [0, 0.1) is 0 Å². The largest absolute Gasteiger partial charge is 0.370 e. The van der Waals surface area contributed by atoms with Crippen LogP contribution in [0.25, 0.3) is 0 Å². The van der Waals surface area contributed by atoms with E-state index in [-0.39, 0.29) is 0 Å². The van der Waals surface area contributed by atoms with E-state index in [1.54, 1.807) is 6.20 Å². The molecule has 3 heterocycles. The molecule has 2 aliphatic rings. The van der Waals surface area contributed by atoms with Crippen LogP contribution in [0.3, 0.4) is 0 Å². The second-order valence-corrected chi connectivity index (χ2v) is 6.97. The molecule has 0 radical (unpaired) electrons. The van der Waals surface area contributed by atoms with Crippen LogP contribution in [-0.4, -0.2) is 32.0 Å². The van der Waals surface area contributed by atoms with Gasteiger partial charge in [-0.3, -0.25) is 9.88 Å². The third-order valence-corrected chi connectivity index (χ3v) is 5.46. The minimum Gasteiger partial charge on any atom is -0.370 e. The molecule has 0 unspecified atom stereocenters. The summed E-state index contributed by atoms with van der Waals surface area (Å²) in [4.78, 5) is 11.5. The fraction of sp³-hybridized carbons (Fsp3) is 0.579. The third-order valence-electron chi connectivity index (χ3n) is 5.46. The van der Waals surface area contributed by atoms with Crippen molar-refractivity contribution < 1.29 is 4.74 Å². The van der Waals surface area contributed by atoms with Gasteiger partial charge in [-0.05, 0) is 31.4 Å². The van der Waals surface area contributed by atoms with Gasteiger partial charge in [-0.25, -0.2) is 4.98 Å². The molecule has 5 nitrogen and oxygen atoms in total. The maximum Gasteiger partial charge on any atom is 0.126 e. The van der Waals surface area contributed by atoms with Crippen LogP contribution >= 0.6 is 0 Å². The number of nitrogens with zero attached hydrogens (tertiary/aromatic N) is 4. The molecular weight excluding hydrogens is 300 g/mol. The fourth-order valence-electron chi connectivity index (χ4n) is 4.18. The quantitative estimate of drug-likeness (QED) is 0.845. The second-order valence-electron chi connectivity index (χ2n) is 6.97. The van der Waals surface area contributed by atoms with E-state index in [9.17, 15) is 0 Å². The molecule has 5 heteroatoms. The smallest absolute Gasteiger partial charge is 0.126 e. The number of aromatic nitrogens is 3. The summed E-state index contributed by atoms with van der Waals surface area (Å²) in [5.74, 6) is 1.20. The highest BCUT2D eigenvalue weighted by Gasteiger charge is 2.32. The van der Waals surface area contributed by atoms with E-state index in [1.807, 2.05) is 24.5 Å². The summed E-state index contributed by atoms with van der Waals surface area (Å²) in [6.45, 7) is 5.67. The van der Waals surface area contributed by atoms with Crippen molar-refractivity contribution in [2.24, 2.45) is 0 Å². The Bertz CT molecular complexity index is 663. The first-order valence-corrected chi connectivity index (χ1v) is 9.09. The molecule has 128 valence electrons. The van der Waals surface area contributed by atoms with Gasteiger partial charge in [0.15, 0.2) is 0 Å². The molecule has 0 aromatic carbocycles. The van der Waals surface area contributed by atoms with Crippen molar-refractivity contribution in [3.63, 3.8) is 0 Å². The van der Waals surface area contributed by atoms with Crippen LogP contribution in [0.4, 0.5) is 0 Å². The van der Waals surface area contributed by atoms with E-state index in [1.165, 1.54) is 37.2 Å². The lowest BCUT2D eigenvalue weighted by molar-refractivity contribution is 0.0891. The Morgan fingerprint density at radius 2 is 2.04 bits per heavy atom. The Labute approximate surface area is 143 Å². The van der Waals surface area contributed by atoms with E-state index in [2.05, 4.69) is 21.4 Å². The van der Waals surface area contributed by atoms with Crippen molar-refractivity contribution in [2.45, 2.75) is 64.4 Å². The molecule has 24 heavy (non-hydrogen) atoms. The molecule has 2 aromatic heterocycles.